The summed E-state index contributed by atoms with van der Waals surface area (Å²) in [5.41, 5.74) is 0. The van der Waals surface area contributed by atoms with Crippen molar-refractivity contribution in [2.24, 2.45) is 18.0 Å². The number of ether oxygens (including phenoxy) is 2. The van der Waals surface area contributed by atoms with Crippen molar-refractivity contribution in [2.75, 3.05) is 40.0 Å². The third-order valence-electron chi connectivity index (χ3n) is 3.59. The Morgan fingerprint density at radius 2 is 1.84 bits per heavy atom. The van der Waals surface area contributed by atoms with Crippen LogP contribution in [-0.4, -0.2) is 60.7 Å². The molecular formula is C17H34N6O2. The summed E-state index contributed by atoms with van der Waals surface area (Å²) in [6, 6.07) is 0. The van der Waals surface area contributed by atoms with Gasteiger partial charge in [0.15, 0.2) is 11.8 Å². The van der Waals surface area contributed by atoms with Crippen LogP contribution in [0.5, 0.6) is 0 Å². The predicted molar refractivity (Wildman–Crippen MR) is 99.7 cm³/mol. The van der Waals surface area contributed by atoms with Gasteiger partial charge in [-0.25, -0.2) is 4.99 Å². The fourth-order valence-corrected chi connectivity index (χ4v) is 2.04. The molecule has 1 aromatic rings. The molecule has 0 saturated heterocycles. The lowest BCUT2D eigenvalue weighted by Crippen LogP contribution is -2.39. The summed E-state index contributed by atoms with van der Waals surface area (Å²) in [6.45, 7) is 10.6. The highest BCUT2D eigenvalue weighted by atomic mass is 16.5. The van der Waals surface area contributed by atoms with E-state index in [1.54, 1.807) is 7.11 Å². The molecule has 2 N–H and O–H groups in total. The molecule has 0 aliphatic rings. The van der Waals surface area contributed by atoms with Gasteiger partial charge in [-0.1, -0.05) is 13.8 Å². The highest BCUT2D eigenvalue weighted by molar-refractivity contribution is 5.79. The van der Waals surface area contributed by atoms with E-state index in [0.717, 1.165) is 63.4 Å². The second kappa shape index (κ2) is 12.7. The number of aliphatic imine (C=N–C) groups is 1. The second-order valence-corrected chi connectivity index (χ2v) is 6.41. The minimum atomic E-state index is 0.487. The number of hydrogen-bond acceptors (Lipinski definition) is 5. The molecule has 0 saturated carbocycles. The van der Waals surface area contributed by atoms with E-state index in [1.807, 2.05) is 18.5 Å². The van der Waals surface area contributed by atoms with Crippen LogP contribution in [0.15, 0.2) is 4.99 Å². The van der Waals surface area contributed by atoms with Gasteiger partial charge >= 0.3 is 0 Å². The van der Waals surface area contributed by atoms with E-state index >= 15 is 0 Å². The van der Waals surface area contributed by atoms with Crippen molar-refractivity contribution in [2.45, 2.75) is 40.2 Å². The van der Waals surface area contributed by atoms with Crippen molar-refractivity contribution >= 4 is 5.96 Å². The summed E-state index contributed by atoms with van der Waals surface area (Å²) in [5.74, 6) is 3.08. The lowest BCUT2D eigenvalue weighted by molar-refractivity contribution is 0.108. The monoisotopic (exact) mass is 354 g/mol. The Bertz CT molecular complexity index is 501. The zero-order chi connectivity index (χ0) is 18.5. The quantitative estimate of drug-likeness (QED) is 0.334. The normalized spacial score (nSPS) is 12.0. The molecule has 1 heterocycles. The number of nitrogens with zero attached hydrogens (tertiary/aromatic N) is 4. The number of aromatic nitrogens is 3. The summed E-state index contributed by atoms with van der Waals surface area (Å²) in [7, 11) is 3.66. The first kappa shape index (κ1) is 21.4. The predicted octanol–water partition coefficient (Wildman–Crippen LogP) is 1.26. The van der Waals surface area contributed by atoms with Gasteiger partial charge in [0.1, 0.15) is 12.4 Å². The minimum absolute atomic E-state index is 0.487. The molecule has 144 valence electrons. The molecule has 0 bridgehead atoms. The third kappa shape index (κ3) is 9.40. The van der Waals surface area contributed by atoms with E-state index in [0.29, 0.717) is 12.5 Å². The molecular weight excluding hydrogens is 320 g/mol. The van der Waals surface area contributed by atoms with Gasteiger partial charge in [0, 0.05) is 47.1 Å². The van der Waals surface area contributed by atoms with Crippen molar-refractivity contribution < 1.29 is 9.47 Å². The van der Waals surface area contributed by atoms with Crippen LogP contribution in [0.4, 0.5) is 0 Å². The highest BCUT2D eigenvalue weighted by Gasteiger charge is 2.05. The summed E-state index contributed by atoms with van der Waals surface area (Å²) >= 11 is 0. The maximum absolute atomic E-state index is 5.60. The van der Waals surface area contributed by atoms with Crippen LogP contribution in [-0.2, 0) is 23.1 Å². The van der Waals surface area contributed by atoms with Crippen molar-refractivity contribution in [3.8, 4) is 0 Å². The number of hydrogen-bond donors (Lipinski definition) is 2. The molecule has 25 heavy (non-hydrogen) atoms. The fourth-order valence-electron chi connectivity index (χ4n) is 2.04. The summed E-state index contributed by atoms with van der Waals surface area (Å²) < 4.78 is 12.6. The number of nitrogens with one attached hydrogen (secondary N) is 2. The fraction of sp³-hybridized carbons (Fsp3) is 0.824. The van der Waals surface area contributed by atoms with Crippen molar-refractivity contribution in [1.29, 1.82) is 0 Å². The lowest BCUT2D eigenvalue weighted by atomic mass is 10.2. The Kier molecular flexibility index (Phi) is 10.8. The topological polar surface area (TPSA) is 85.6 Å². The van der Waals surface area contributed by atoms with Crippen LogP contribution in [0, 0.1) is 12.8 Å². The molecule has 0 fully saturated rings. The Hall–Kier alpha value is -1.67. The van der Waals surface area contributed by atoms with E-state index in [1.165, 1.54) is 0 Å². The number of methoxy groups -OCH3 is 1. The van der Waals surface area contributed by atoms with Crippen molar-refractivity contribution in [3.63, 3.8) is 0 Å². The van der Waals surface area contributed by atoms with Gasteiger partial charge in [-0.2, -0.15) is 0 Å². The molecule has 8 heteroatoms. The SMILES string of the molecule is COCCCNC(=NCc1nnc(C)n1C)NCCCOCC(C)C. The van der Waals surface area contributed by atoms with E-state index in [4.69, 9.17) is 9.47 Å². The van der Waals surface area contributed by atoms with E-state index in [2.05, 4.69) is 39.7 Å². The Morgan fingerprint density at radius 1 is 1.16 bits per heavy atom. The van der Waals surface area contributed by atoms with Crippen LogP contribution < -0.4 is 10.6 Å². The second-order valence-electron chi connectivity index (χ2n) is 6.41. The minimum Gasteiger partial charge on any atom is -0.385 e. The highest BCUT2D eigenvalue weighted by Crippen LogP contribution is 1.99. The van der Waals surface area contributed by atoms with Gasteiger partial charge in [-0.15, -0.1) is 10.2 Å². The summed E-state index contributed by atoms with van der Waals surface area (Å²) in [6.07, 6.45) is 1.87. The van der Waals surface area contributed by atoms with Crippen molar-refractivity contribution in [1.82, 2.24) is 25.4 Å². The zero-order valence-electron chi connectivity index (χ0n) is 16.3. The Balaban J connectivity index is 2.42. The average molecular weight is 354 g/mol. The molecule has 0 amide bonds. The first-order chi connectivity index (χ1) is 12.0. The molecule has 0 spiro atoms. The Labute approximate surface area is 151 Å². The molecule has 0 aliphatic carbocycles. The average Bonchev–Trinajstić information content (AvgIpc) is 2.90. The standard InChI is InChI=1S/C17H34N6O2/c1-14(2)13-25-11-7-9-19-17(18-8-6-10-24-5)20-12-16-22-21-15(3)23(16)4/h14H,6-13H2,1-5H3,(H2,18,19,20). The molecule has 0 radical (unpaired) electrons. The smallest absolute Gasteiger partial charge is 0.191 e. The molecule has 1 aromatic heterocycles. The number of aryl methyl sites for hydroxylation is 1. The molecule has 1 rings (SSSR count). The molecule has 8 nitrogen and oxygen atoms in total. The van der Waals surface area contributed by atoms with Gasteiger partial charge in [0.2, 0.25) is 0 Å². The van der Waals surface area contributed by atoms with E-state index in [-0.39, 0.29) is 0 Å². The lowest BCUT2D eigenvalue weighted by Gasteiger charge is -2.13. The van der Waals surface area contributed by atoms with Gasteiger partial charge in [0.05, 0.1) is 0 Å². The molecule has 0 unspecified atom stereocenters. The van der Waals surface area contributed by atoms with Crippen LogP contribution in [0.1, 0.15) is 38.3 Å². The molecule has 0 aromatic carbocycles. The first-order valence-electron chi connectivity index (χ1n) is 8.98. The van der Waals surface area contributed by atoms with E-state index in [9.17, 15) is 0 Å². The molecule has 0 atom stereocenters. The summed E-state index contributed by atoms with van der Waals surface area (Å²) in [5, 5.41) is 14.9. The number of rotatable bonds is 12. The maximum Gasteiger partial charge on any atom is 0.191 e. The third-order valence-corrected chi connectivity index (χ3v) is 3.59. The Morgan fingerprint density at radius 3 is 2.40 bits per heavy atom. The van der Waals surface area contributed by atoms with Gasteiger partial charge < -0.3 is 24.7 Å². The van der Waals surface area contributed by atoms with Gasteiger partial charge in [-0.05, 0) is 25.7 Å². The zero-order valence-corrected chi connectivity index (χ0v) is 16.3. The van der Waals surface area contributed by atoms with E-state index < -0.39 is 0 Å². The van der Waals surface area contributed by atoms with Crippen LogP contribution in [0.2, 0.25) is 0 Å². The molecule has 0 aliphatic heterocycles. The van der Waals surface area contributed by atoms with Crippen LogP contribution in [0.25, 0.3) is 0 Å². The number of guanidine groups is 1. The van der Waals surface area contributed by atoms with Crippen LogP contribution in [0.3, 0.4) is 0 Å². The largest absolute Gasteiger partial charge is 0.385 e. The summed E-state index contributed by atoms with van der Waals surface area (Å²) in [4.78, 5) is 4.60. The van der Waals surface area contributed by atoms with Crippen LogP contribution >= 0.6 is 0 Å². The van der Waals surface area contributed by atoms with Crippen molar-refractivity contribution in [3.05, 3.63) is 11.6 Å². The van der Waals surface area contributed by atoms with Gasteiger partial charge in [0.25, 0.3) is 0 Å². The maximum atomic E-state index is 5.60. The van der Waals surface area contributed by atoms with Gasteiger partial charge in [-0.3, -0.25) is 0 Å². The first-order valence-corrected chi connectivity index (χ1v) is 8.98.